The molecule has 2 fully saturated rings. The van der Waals surface area contributed by atoms with Crippen LogP contribution in [0.1, 0.15) is 24.8 Å². The van der Waals surface area contributed by atoms with Gasteiger partial charge in [-0.1, -0.05) is 34.1 Å². The van der Waals surface area contributed by atoms with Crippen LogP contribution in [0, 0.1) is 5.92 Å². The highest BCUT2D eigenvalue weighted by Gasteiger charge is 2.43. The van der Waals surface area contributed by atoms with Gasteiger partial charge in [0.25, 0.3) is 0 Å². The molecule has 17 heavy (non-hydrogen) atoms. The summed E-state index contributed by atoms with van der Waals surface area (Å²) in [6.45, 7) is 0.878. The number of amides is 1. The summed E-state index contributed by atoms with van der Waals surface area (Å²) in [6, 6.07) is 8.81. The van der Waals surface area contributed by atoms with Crippen LogP contribution in [0.2, 0.25) is 0 Å². The van der Waals surface area contributed by atoms with Crippen molar-refractivity contribution in [2.75, 3.05) is 6.54 Å². The molecule has 2 unspecified atom stereocenters. The number of likely N-dealkylation sites (tertiary alicyclic amines) is 1. The van der Waals surface area contributed by atoms with Crippen molar-refractivity contribution in [3.05, 3.63) is 34.3 Å². The first-order valence-corrected chi connectivity index (χ1v) is 7.09. The van der Waals surface area contributed by atoms with Crippen molar-refractivity contribution in [3.8, 4) is 0 Å². The van der Waals surface area contributed by atoms with Gasteiger partial charge in [-0.05, 0) is 37.3 Å². The molecule has 0 aromatic heterocycles. The number of piperidine rings is 1. The lowest BCUT2D eigenvalue weighted by Crippen LogP contribution is -2.38. The standard InChI is InChI=1S/C14H16BrNO/c15-13-4-2-1-3-10(13)7-8-16-12-6-5-11(9-12)14(16)17/h1-4,11-12H,5-9H2. The summed E-state index contributed by atoms with van der Waals surface area (Å²) in [4.78, 5) is 14.1. The molecule has 1 saturated heterocycles. The quantitative estimate of drug-likeness (QED) is 0.839. The number of carbonyl (C=O) groups excluding carboxylic acids is 1. The van der Waals surface area contributed by atoms with Gasteiger partial charge in [-0.3, -0.25) is 4.79 Å². The van der Waals surface area contributed by atoms with Crippen LogP contribution < -0.4 is 0 Å². The Labute approximate surface area is 110 Å². The normalized spacial score (nSPS) is 26.9. The first kappa shape index (κ1) is 11.3. The monoisotopic (exact) mass is 293 g/mol. The average Bonchev–Trinajstić information content (AvgIpc) is 2.90. The summed E-state index contributed by atoms with van der Waals surface area (Å²) in [5.41, 5.74) is 1.29. The van der Waals surface area contributed by atoms with Crippen molar-refractivity contribution in [2.45, 2.75) is 31.7 Å². The minimum absolute atomic E-state index is 0.346. The maximum atomic E-state index is 12.0. The van der Waals surface area contributed by atoms with E-state index in [-0.39, 0.29) is 0 Å². The lowest BCUT2D eigenvalue weighted by molar-refractivity contribution is -0.134. The van der Waals surface area contributed by atoms with Gasteiger partial charge in [-0.2, -0.15) is 0 Å². The SMILES string of the molecule is O=C1C2CCC(C2)N1CCc1ccccc1Br. The summed E-state index contributed by atoms with van der Waals surface area (Å²) >= 11 is 3.56. The third kappa shape index (κ3) is 2.01. The number of fused-ring (bicyclic) bond motifs is 2. The van der Waals surface area contributed by atoms with Crippen molar-refractivity contribution in [3.63, 3.8) is 0 Å². The maximum Gasteiger partial charge on any atom is 0.226 e. The number of carbonyl (C=O) groups is 1. The van der Waals surface area contributed by atoms with Gasteiger partial charge in [0.05, 0.1) is 0 Å². The van der Waals surface area contributed by atoms with Crippen molar-refractivity contribution >= 4 is 21.8 Å². The van der Waals surface area contributed by atoms with E-state index < -0.39 is 0 Å². The molecule has 1 aromatic rings. The molecule has 3 heteroatoms. The molecule has 1 aromatic carbocycles. The Morgan fingerprint density at radius 3 is 2.82 bits per heavy atom. The zero-order valence-electron chi connectivity index (χ0n) is 9.73. The van der Waals surface area contributed by atoms with E-state index in [9.17, 15) is 4.79 Å². The first-order chi connectivity index (χ1) is 8.25. The second kappa shape index (κ2) is 4.45. The van der Waals surface area contributed by atoms with Crippen LogP contribution in [-0.2, 0) is 11.2 Å². The summed E-state index contributed by atoms with van der Waals surface area (Å²) in [5.74, 6) is 0.743. The topological polar surface area (TPSA) is 20.3 Å². The fourth-order valence-corrected chi connectivity index (χ4v) is 3.60. The molecule has 90 valence electrons. The number of halogens is 1. The van der Waals surface area contributed by atoms with Crippen LogP contribution in [0.5, 0.6) is 0 Å². The third-order valence-corrected chi connectivity index (χ3v) is 4.83. The number of nitrogens with zero attached hydrogens (tertiary/aromatic N) is 1. The summed E-state index contributed by atoms with van der Waals surface area (Å²) < 4.78 is 1.15. The second-order valence-electron chi connectivity index (χ2n) is 5.04. The molecule has 1 aliphatic heterocycles. The first-order valence-electron chi connectivity index (χ1n) is 6.29. The van der Waals surface area contributed by atoms with Crippen LogP contribution in [0.15, 0.2) is 28.7 Å². The van der Waals surface area contributed by atoms with Crippen molar-refractivity contribution in [1.82, 2.24) is 4.90 Å². The average molecular weight is 294 g/mol. The number of benzene rings is 1. The highest BCUT2D eigenvalue weighted by molar-refractivity contribution is 9.10. The van der Waals surface area contributed by atoms with Crippen molar-refractivity contribution < 1.29 is 4.79 Å². The van der Waals surface area contributed by atoms with E-state index in [1.165, 1.54) is 12.0 Å². The molecular weight excluding hydrogens is 278 g/mol. The summed E-state index contributed by atoms with van der Waals surface area (Å²) in [5, 5.41) is 0. The van der Waals surface area contributed by atoms with Crippen LogP contribution >= 0.6 is 15.9 Å². The molecule has 2 atom stereocenters. The maximum absolute atomic E-state index is 12.0. The van der Waals surface area contributed by atoms with Crippen LogP contribution in [0.3, 0.4) is 0 Å². The smallest absolute Gasteiger partial charge is 0.226 e. The van der Waals surface area contributed by atoms with Gasteiger partial charge in [0.1, 0.15) is 0 Å². The van der Waals surface area contributed by atoms with Gasteiger partial charge >= 0.3 is 0 Å². The van der Waals surface area contributed by atoms with Gasteiger partial charge in [-0.15, -0.1) is 0 Å². The molecule has 2 nitrogen and oxygen atoms in total. The largest absolute Gasteiger partial charge is 0.339 e. The van der Waals surface area contributed by atoms with Gasteiger partial charge in [0.2, 0.25) is 5.91 Å². The molecule has 3 rings (SSSR count). The van der Waals surface area contributed by atoms with Gasteiger partial charge in [-0.25, -0.2) is 0 Å². The Balaban J connectivity index is 1.66. The van der Waals surface area contributed by atoms with Crippen molar-refractivity contribution in [1.29, 1.82) is 0 Å². The number of hydrogen-bond donors (Lipinski definition) is 0. The highest BCUT2D eigenvalue weighted by Crippen LogP contribution is 2.38. The van der Waals surface area contributed by atoms with E-state index in [2.05, 4.69) is 39.0 Å². The molecule has 1 heterocycles. The molecule has 1 saturated carbocycles. The molecule has 0 N–H and O–H groups in total. The van der Waals surface area contributed by atoms with Gasteiger partial charge in [0, 0.05) is 23.0 Å². The van der Waals surface area contributed by atoms with E-state index >= 15 is 0 Å². The number of rotatable bonds is 3. The molecule has 2 aliphatic rings. The predicted molar refractivity (Wildman–Crippen MR) is 70.7 cm³/mol. The Hall–Kier alpha value is -0.830. The Morgan fingerprint density at radius 2 is 2.12 bits per heavy atom. The minimum Gasteiger partial charge on any atom is -0.339 e. The fourth-order valence-electron chi connectivity index (χ4n) is 3.11. The van der Waals surface area contributed by atoms with Crippen LogP contribution in [0.25, 0.3) is 0 Å². The zero-order chi connectivity index (χ0) is 11.8. The van der Waals surface area contributed by atoms with Crippen LogP contribution in [0.4, 0.5) is 0 Å². The summed E-state index contributed by atoms with van der Waals surface area (Å²) in [7, 11) is 0. The Morgan fingerprint density at radius 1 is 1.29 bits per heavy atom. The minimum atomic E-state index is 0.346. The molecule has 1 aliphatic carbocycles. The number of hydrogen-bond acceptors (Lipinski definition) is 1. The van der Waals surface area contributed by atoms with Gasteiger partial charge in [0.15, 0.2) is 0 Å². The Bertz CT molecular complexity index is 446. The van der Waals surface area contributed by atoms with E-state index in [1.54, 1.807) is 0 Å². The van der Waals surface area contributed by atoms with Gasteiger partial charge < -0.3 is 4.90 Å². The lowest BCUT2D eigenvalue weighted by atomic mass is 10.1. The molecule has 0 radical (unpaired) electrons. The third-order valence-electron chi connectivity index (χ3n) is 4.06. The molecule has 2 bridgehead atoms. The predicted octanol–water partition coefficient (Wildman–Crippen LogP) is 3.00. The van der Waals surface area contributed by atoms with E-state index in [4.69, 9.17) is 0 Å². The molecule has 0 spiro atoms. The van der Waals surface area contributed by atoms with Crippen molar-refractivity contribution in [2.24, 2.45) is 5.92 Å². The van der Waals surface area contributed by atoms with Crippen LogP contribution in [-0.4, -0.2) is 23.4 Å². The second-order valence-corrected chi connectivity index (χ2v) is 5.89. The van der Waals surface area contributed by atoms with E-state index in [0.29, 0.717) is 17.9 Å². The Kier molecular flexibility index (Phi) is 2.95. The van der Waals surface area contributed by atoms with E-state index in [1.807, 2.05) is 6.07 Å². The lowest BCUT2D eigenvalue weighted by Gasteiger charge is -2.27. The fraction of sp³-hybridized carbons (Fsp3) is 0.500. The summed E-state index contributed by atoms with van der Waals surface area (Å²) in [6.07, 6.45) is 4.40. The highest BCUT2D eigenvalue weighted by atomic mass is 79.9. The molecular formula is C14H16BrNO. The zero-order valence-corrected chi connectivity index (χ0v) is 11.3. The van der Waals surface area contributed by atoms with E-state index in [0.717, 1.165) is 30.3 Å². The molecule has 1 amide bonds.